The Bertz CT molecular complexity index is 787. The summed E-state index contributed by atoms with van der Waals surface area (Å²) < 4.78 is 12.5. The number of aromatic nitrogens is 3. The van der Waals surface area contributed by atoms with Crippen LogP contribution in [0.2, 0.25) is 0 Å². The first-order chi connectivity index (χ1) is 14.0. The maximum Gasteiger partial charge on any atom is 0.273 e. The lowest BCUT2D eigenvalue weighted by Gasteiger charge is -2.16. The van der Waals surface area contributed by atoms with Crippen molar-refractivity contribution in [1.82, 2.24) is 20.3 Å². The first-order valence-electron chi connectivity index (χ1n) is 9.86. The third kappa shape index (κ3) is 7.63. The van der Waals surface area contributed by atoms with Crippen LogP contribution < -0.4 is 10.6 Å². The standard InChI is InChI=1S/C20H29N5O4/c1-4-8-18(26)22-16-10-7-9-15(11-16)12-21-20(27)17-13-25(24-23-17)14-19(28-5-2)29-6-3/h7,9-11,13,19H,4-6,8,12,14H2,1-3H3,(H,21,27)(H,22,26). The highest BCUT2D eigenvalue weighted by Crippen LogP contribution is 2.11. The predicted octanol–water partition coefficient (Wildman–Crippen LogP) is 2.35. The fourth-order valence-corrected chi connectivity index (χ4v) is 2.65. The molecule has 9 heteroatoms. The molecular weight excluding hydrogens is 374 g/mol. The van der Waals surface area contributed by atoms with Crippen LogP contribution in [0.3, 0.4) is 0 Å². The fourth-order valence-electron chi connectivity index (χ4n) is 2.65. The second-order valence-electron chi connectivity index (χ2n) is 6.35. The Hall–Kier alpha value is -2.78. The number of carbonyl (C=O) groups excluding carboxylic acids is 2. The van der Waals surface area contributed by atoms with Gasteiger partial charge in [0.2, 0.25) is 5.91 Å². The second kappa shape index (κ2) is 11.9. The molecule has 2 rings (SSSR count). The summed E-state index contributed by atoms with van der Waals surface area (Å²) in [4.78, 5) is 24.1. The van der Waals surface area contributed by atoms with Crippen LogP contribution in [-0.4, -0.2) is 46.3 Å². The first kappa shape index (κ1) is 22.5. The average Bonchev–Trinajstić information content (AvgIpc) is 3.15. The highest BCUT2D eigenvalue weighted by molar-refractivity contribution is 5.92. The van der Waals surface area contributed by atoms with Crippen LogP contribution in [0.4, 0.5) is 5.69 Å². The lowest BCUT2D eigenvalue weighted by molar-refractivity contribution is -0.145. The number of nitrogens with one attached hydrogen (secondary N) is 2. The van der Waals surface area contributed by atoms with Crippen molar-refractivity contribution >= 4 is 17.5 Å². The van der Waals surface area contributed by atoms with E-state index in [2.05, 4.69) is 20.9 Å². The maximum atomic E-state index is 12.4. The number of ether oxygens (including phenoxy) is 2. The highest BCUT2D eigenvalue weighted by atomic mass is 16.7. The van der Waals surface area contributed by atoms with Gasteiger partial charge < -0.3 is 20.1 Å². The van der Waals surface area contributed by atoms with E-state index in [-0.39, 0.29) is 17.5 Å². The molecule has 0 unspecified atom stereocenters. The Morgan fingerprint density at radius 2 is 1.93 bits per heavy atom. The maximum absolute atomic E-state index is 12.4. The van der Waals surface area contributed by atoms with Gasteiger partial charge in [-0.05, 0) is 38.0 Å². The first-order valence-corrected chi connectivity index (χ1v) is 9.86. The smallest absolute Gasteiger partial charge is 0.273 e. The van der Waals surface area contributed by atoms with Gasteiger partial charge in [0.1, 0.15) is 0 Å². The van der Waals surface area contributed by atoms with Gasteiger partial charge in [-0.25, -0.2) is 4.68 Å². The molecule has 0 saturated heterocycles. The molecule has 0 spiro atoms. The Morgan fingerprint density at radius 1 is 1.17 bits per heavy atom. The van der Waals surface area contributed by atoms with E-state index in [0.29, 0.717) is 38.4 Å². The van der Waals surface area contributed by atoms with Crippen LogP contribution in [-0.2, 0) is 27.4 Å². The summed E-state index contributed by atoms with van der Waals surface area (Å²) in [6.45, 7) is 7.42. The molecule has 0 radical (unpaired) electrons. The highest BCUT2D eigenvalue weighted by Gasteiger charge is 2.14. The third-order valence-electron chi connectivity index (χ3n) is 3.95. The summed E-state index contributed by atoms with van der Waals surface area (Å²) >= 11 is 0. The zero-order valence-corrected chi connectivity index (χ0v) is 17.2. The number of hydrogen-bond acceptors (Lipinski definition) is 6. The van der Waals surface area contributed by atoms with Crippen LogP contribution in [0.1, 0.15) is 49.7 Å². The molecule has 1 aromatic heterocycles. The molecule has 0 bridgehead atoms. The number of rotatable bonds is 12. The van der Waals surface area contributed by atoms with Gasteiger partial charge in [0.05, 0.1) is 12.7 Å². The van der Waals surface area contributed by atoms with E-state index >= 15 is 0 Å². The minimum absolute atomic E-state index is 0.0253. The molecule has 0 fully saturated rings. The van der Waals surface area contributed by atoms with Crippen LogP contribution in [0.25, 0.3) is 0 Å². The second-order valence-corrected chi connectivity index (χ2v) is 6.35. The quantitative estimate of drug-likeness (QED) is 0.527. The van der Waals surface area contributed by atoms with E-state index in [9.17, 15) is 9.59 Å². The summed E-state index contributed by atoms with van der Waals surface area (Å²) in [6, 6.07) is 7.36. The Labute approximate surface area is 170 Å². The summed E-state index contributed by atoms with van der Waals surface area (Å²) in [6.07, 6.45) is 2.39. The van der Waals surface area contributed by atoms with Crippen LogP contribution in [0, 0.1) is 0 Å². The normalized spacial score (nSPS) is 10.9. The Balaban J connectivity index is 1.89. The Morgan fingerprint density at radius 3 is 2.62 bits per heavy atom. The van der Waals surface area contributed by atoms with Gasteiger partial charge in [-0.2, -0.15) is 0 Å². The minimum atomic E-state index is -0.437. The zero-order valence-electron chi connectivity index (χ0n) is 17.2. The molecule has 2 amide bonds. The van der Waals surface area contributed by atoms with Gasteiger partial charge in [0.25, 0.3) is 5.91 Å². The fraction of sp³-hybridized carbons (Fsp3) is 0.500. The predicted molar refractivity (Wildman–Crippen MR) is 108 cm³/mol. The topological polar surface area (TPSA) is 107 Å². The largest absolute Gasteiger partial charge is 0.351 e. The van der Waals surface area contributed by atoms with E-state index < -0.39 is 6.29 Å². The minimum Gasteiger partial charge on any atom is -0.351 e. The van der Waals surface area contributed by atoms with Crippen molar-refractivity contribution in [3.63, 3.8) is 0 Å². The van der Waals surface area contributed by atoms with Crippen molar-refractivity contribution in [3.05, 3.63) is 41.7 Å². The van der Waals surface area contributed by atoms with E-state index in [1.165, 1.54) is 4.68 Å². The van der Waals surface area contributed by atoms with Gasteiger partial charge in [-0.15, -0.1) is 5.10 Å². The number of benzene rings is 1. The van der Waals surface area contributed by atoms with Crippen molar-refractivity contribution < 1.29 is 19.1 Å². The summed E-state index contributed by atoms with van der Waals surface area (Å²) in [5.74, 6) is -0.358. The van der Waals surface area contributed by atoms with Crippen molar-refractivity contribution in [2.24, 2.45) is 0 Å². The molecule has 9 nitrogen and oxygen atoms in total. The molecule has 0 saturated carbocycles. The zero-order chi connectivity index (χ0) is 21.1. The van der Waals surface area contributed by atoms with Crippen LogP contribution in [0.15, 0.2) is 30.5 Å². The number of carbonyl (C=O) groups is 2. The van der Waals surface area contributed by atoms with Gasteiger partial charge in [-0.1, -0.05) is 24.3 Å². The monoisotopic (exact) mass is 403 g/mol. The summed E-state index contributed by atoms with van der Waals surface area (Å²) in [5.41, 5.74) is 1.79. The van der Waals surface area contributed by atoms with Gasteiger partial charge in [0, 0.05) is 31.9 Å². The molecule has 158 valence electrons. The molecular formula is C20H29N5O4. The molecule has 0 aliphatic heterocycles. The molecule has 1 aromatic carbocycles. The molecule has 29 heavy (non-hydrogen) atoms. The summed E-state index contributed by atoms with van der Waals surface area (Å²) in [5, 5.41) is 13.5. The SMILES string of the molecule is CCCC(=O)Nc1cccc(CNC(=O)c2cn(CC(OCC)OCC)nn2)c1. The molecule has 2 aromatic rings. The van der Waals surface area contributed by atoms with Gasteiger partial charge in [0.15, 0.2) is 12.0 Å². The molecule has 2 N–H and O–H groups in total. The van der Waals surface area contributed by atoms with E-state index in [4.69, 9.17) is 9.47 Å². The number of hydrogen-bond donors (Lipinski definition) is 2. The molecule has 1 heterocycles. The average molecular weight is 403 g/mol. The van der Waals surface area contributed by atoms with E-state index in [1.807, 2.05) is 45.0 Å². The number of nitrogens with zero attached hydrogens (tertiary/aromatic N) is 3. The third-order valence-corrected chi connectivity index (χ3v) is 3.95. The van der Waals surface area contributed by atoms with E-state index in [1.54, 1.807) is 6.20 Å². The lowest BCUT2D eigenvalue weighted by Crippen LogP contribution is -2.24. The number of amides is 2. The van der Waals surface area contributed by atoms with Gasteiger partial charge >= 0.3 is 0 Å². The van der Waals surface area contributed by atoms with Gasteiger partial charge in [-0.3, -0.25) is 9.59 Å². The number of anilines is 1. The molecule has 0 aliphatic rings. The molecule has 0 atom stereocenters. The van der Waals surface area contributed by atoms with Crippen molar-refractivity contribution in [1.29, 1.82) is 0 Å². The van der Waals surface area contributed by atoms with Crippen LogP contribution in [0.5, 0.6) is 0 Å². The van der Waals surface area contributed by atoms with E-state index in [0.717, 1.165) is 12.0 Å². The van der Waals surface area contributed by atoms with Crippen molar-refractivity contribution in [2.75, 3.05) is 18.5 Å². The van der Waals surface area contributed by atoms with Crippen molar-refractivity contribution in [2.45, 2.75) is 53.0 Å². The van der Waals surface area contributed by atoms with Crippen LogP contribution >= 0.6 is 0 Å². The summed E-state index contributed by atoms with van der Waals surface area (Å²) in [7, 11) is 0. The Kier molecular flexibility index (Phi) is 9.26. The molecule has 0 aliphatic carbocycles. The lowest BCUT2D eigenvalue weighted by atomic mass is 10.2. The van der Waals surface area contributed by atoms with Crippen molar-refractivity contribution in [3.8, 4) is 0 Å².